The van der Waals surface area contributed by atoms with Gasteiger partial charge in [-0.1, -0.05) is 36.5 Å². The molecule has 1 rings (SSSR count). The lowest BCUT2D eigenvalue weighted by molar-refractivity contribution is 0.219. The van der Waals surface area contributed by atoms with E-state index in [-0.39, 0.29) is 11.6 Å². The van der Waals surface area contributed by atoms with Gasteiger partial charge in [0, 0.05) is 12.2 Å². The van der Waals surface area contributed by atoms with E-state index in [2.05, 4.69) is 5.32 Å². The molecule has 0 aromatic heterocycles. The van der Waals surface area contributed by atoms with E-state index < -0.39 is 22.1 Å². The van der Waals surface area contributed by atoms with Crippen LogP contribution in [0.4, 0.5) is 15.3 Å². The van der Waals surface area contributed by atoms with Crippen LogP contribution in [0.5, 0.6) is 0 Å². The number of urea groups is 2. The Bertz CT molecular complexity index is 694. The first-order chi connectivity index (χ1) is 10.6. The lowest BCUT2D eigenvalue weighted by atomic mass is 10.3. The topological polar surface area (TPSA) is 95.6 Å². The Kier molecular flexibility index (Phi) is 7.11. The second-order valence-electron chi connectivity index (χ2n) is 4.70. The van der Waals surface area contributed by atoms with Gasteiger partial charge in [0.25, 0.3) is 0 Å². The van der Waals surface area contributed by atoms with Crippen molar-refractivity contribution in [3.8, 4) is 0 Å². The molecule has 0 aliphatic carbocycles. The van der Waals surface area contributed by atoms with Crippen molar-refractivity contribution < 1.29 is 18.0 Å². The van der Waals surface area contributed by atoms with Crippen LogP contribution in [0.15, 0.2) is 18.2 Å². The van der Waals surface area contributed by atoms with Crippen LogP contribution >= 0.6 is 23.2 Å². The minimum Gasteiger partial charge on any atom is -0.308 e. The normalized spacial score (nSPS) is 11.0. The largest absolute Gasteiger partial charge is 0.339 e. The van der Waals surface area contributed by atoms with Gasteiger partial charge in [0.05, 0.1) is 16.3 Å². The van der Waals surface area contributed by atoms with E-state index in [0.717, 1.165) is 6.26 Å². The van der Waals surface area contributed by atoms with E-state index in [1.165, 1.54) is 18.2 Å². The van der Waals surface area contributed by atoms with Crippen molar-refractivity contribution in [2.45, 2.75) is 19.8 Å². The molecule has 0 bridgehead atoms. The smallest absolute Gasteiger partial charge is 0.308 e. The molecule has 1 aromatic carbocycles. The zero-order chi connectivity index (χ0) is 17.6. The first-order valence-electron chi connectivity index (χ1n) is 6.70. The maximum absolute atomic E-state index is 11.9. The number of nitrogens with zero attached hydrogens (tertiary/aromatic N) is 1. The summed E-state index contributed by atoms with van der Waals surface area (Å²) in [4.78, 5) is 23.7. The predicted octanol–water partition coefficient (Wildman–Crippen LogP) is 3.30. The van der Waals surface area contributed by atoms with Crippen LogP contribution in [-0.4, -0.2) is 37.6 Å². The molecule has 2 N–H and O–H groups in total. The summed E-state index contributed by atoms with van der Waals surface area (Å²) in [7, 11) is -3.76. The van der Waals surface area contributed by atoms with E-state index >= 15 is 0 Å². The number of hydrogen-bond acceptors (Lipinski definition) is 4. The van der Waals surface area contributed by atoms with Gasteiger partial charge in [-0.2, -0.15) is 0 Å². The zero-order valence-corrected chi connectivity index (χ0v) is 14.9. The molecule has 0 spiro atoms. The highest BCUT2D eigenvalue weighted by atomic mass is 35.5. The van der Waals surface area contributed by atoms with Crippen LogP contribution in [0.25, 0.3) is 0 Å². The number of imide groups is 1. The van der Waals surface area contributed by atoms with Crippen LogP contribution in [0.1, 0.15) is 19.8 Å². The monoisotopic (exact) mass is 381 g/mol. The Morgan fingerprint density at radius 3 is 2.39 bits per heavy atom. The molecule has 0 unspecified atom stereocenters. The zero-order valence-electron chi connectivity index (χ0n) is 12.6. The molecule has 128 valence electrons. The minimum absolute atomic E-state index is 0.00121. The van der Waals surface area contributed by atoms with Crippen molar-refractivity contribution in [2.75, 3.05) is 18.1 Å². The third-order valence-electron chi connectivity index (χ3n) is 2.74. The van der Waals surface area contributed by atoms with Gasteiger partial charge >= 0.3 is 12.1 Å². The van der Waals surface area contributed by atoms with Crippen molar-refractivity contribution in [1.29, 1.82) is 0 Å². The molecule has 0 radical (unpaired) electrons. The molecule has 0 aliphatic rings. The van der Waals surface area contributed by atoms with Gasteiger partial charge in [0.15, 0.2) is 0 Å². The van der Waals surface area contributed by atoms with Crippen LogP contribution < -0.4 is 10.6 Å². The highest BCUT2D eigenvalue weighted by molar-refractivity contribution is 7.88. The molecule has 4 amide bonds. The SMILES string of the molecule is CCCCN(C(=O)NC(=O)Nc1ccc(Cl)c(Cl)c1)S(C)(=O)=O. The summed E-state index contributed by atoms with van der Waals surface area (Å²) < 4.78 is 23.8. The van der Waals surface area contributed by atoms with Crippen molar-refractivity contribution in [3.05, 3.63) is 28.2 Å². The summed E-state index contributed by atoms with van der Waals surface area (Å²) in [5, 5.41) is 4.88. The van der Waals surface area contributed by atoms with Gasteiger partial charge in [0.2, 0.25) is 10.0 Å². The molecule has 10 heteroatoms. The number of carbonyl (C=O) groups excluding carboxylic acids is 2. The minimum atomic E-state index is -3.76. The number of anilines is 1. The Hall–Kier alpha value is -1.51. The average Bonchev–Trinajstić information content (AvgIpc) is 2.41. The third kappa shape index (κ3) is 6.25. The number of amides is 4. The summed E-state index contributed by atoms with van der Waals surface area (Å²) in [6.45, 7) is 1.86. The summed E-state index contributed by atoms with van der Waals surface area (Å²) >= 11 is 11.6. The average molecular weight is 382 g/mol. The molecule has 0 atom stereocenters. The predicted molar refractivity (Wildman–Crippen MR) is 90.5 cm³/mol. The maximum Gasteiger partial charge on any atom is 0.339 e. The first kappa shape index (κ1) is 19.5. The van der Waals surface area contributed by atoms with Gasteiger partial charge in [-0.25, -0.2) is 22.3 Å². The molecule has 0 fully saturated rings. The van der Waals surface area contributed by atoms with Crippen LogP contribution in [-0.2, 0) is 10.0 Å². The molecule has 7 nitrogen and oxygen atoms in total. The molecule has 23 heavy (non-hydrogen) atoms. The number of carbonyl (C=O) groups is 2. The Morgan fingerprint density at radius 2 is 1.87 bits per heavy atom. The number of unbranched alkanes of at least 4 members (excludes halogenated alkanes) is 1. The lowest BCUT2D eigenvalue weighted by Gasteiger charge is -2.20. The van der Waals surface area contributed by atoms with Crippen LogP contribution in [0.3, 0.4) is 0 Å². The molecular formula is C13H17Cl2N3O4S. The summed E-state index contributed by atoms with van der Waals surface area (Å²) in [6, 6.07) is 2.48. The molecule has 0 saturated heterocycles. The van der Waals surface area contributed by atoms with E-state index in [0.29, 0.717) is 27.9 Å². The van der Waals surface area contributed by atoms with E-state index in [9.17, 15) is 18.0 Å². The number of hydrogen-bond donors (Lipinski definition) is 2. The highest BCUT2D eigenvalue weighted by Crippen LogP contribution is 2.24. The van der Waals surface area contributed by atoms with Gasteiger partial charge in [0.1, 0.15) is 0 Å². The fourth-order valence-corrected chi connectivity index (χ4v) is 2.72. The first-order valence-corrected chi connectivity index (χ1v) is 9.30. The van der Waals surface area contributed by atoms with E-state index in [1.54, 1.807) is 0 Å². The highest BCUT2D eigenvalue weighted by Gasteiger charge is 2.24. The molecule has 0 aliphatic heterocycles. The van der Waals surface area contributed by atoms with Gasteiger partial charge in [-0.15, -0.1) is 0 Å². The summed E-state index contributed by atoms with van der Waals surface area (Å²) in [5.41, 5.74) is 0.309. The third-order valence-corrected chi connectivity index (χ3v) is 4.63. The quantitative estimate of drug-likeness (QED) is 0.817. The lowest BCUT2D eigenvalue weighted by Crippen LogP contribution is -2.47. The Morgan fingerprint density at radius 1 is 1.22 bits per heavy atom. The standard InChI is InChI=1S/C13H17Cl2N3O4S/c1-3-4-7-18(23(2,21)22)13(20)17-12(19)16-9-5-6-10(14)11(15)8-9/h5-6,8H,3-4,7H2,1-2H3,(H2,16,17,19,20). The number of halogens is 2. The molecule has 0 saturated carbocycles. The number of benzene rings is 1. The second-order valence-corrected chi connectivity index (χ2v) is 7.42. The summed E-state index contributed by atoms with van der Waals surface area (Å²) in [6.07, 6.45) is 2.10. The summed E-state index contributed by atoms with van der Waals surface area (Å²) in [5.74, 6) is 0. The molecule has 0 heterocycles. The van der Waals surface area contributed by atoms with Crippen molar-refractivity contribution in [3.63, 3.8) is 0 Å². The Labute approximate surface area is 145 Å². The Balaban J connectivity index is 2.73. The van der Waals surface area contributed by atoms with Crippen molar-refractivity contribution in [1.82, 2.24) is 9.62 Å². The number of rotatable bonds is 5. The van der Waals surface area contributed by atoms with Gasteiger partial charge in [-0.05, 0) is 24.6 Å². The van der Waals surface area contributed by atoms with Crippen LogP contribution in [0, 0.1) is 0 Å². The van der Waals surface area contributed by atoms with E-state index in [1.807, 2.05) is 12.2 Å². The van der Waals surface area contributed by atoms with Crippen molar-refractivity contribution >= 4 is 51.0 Å². The fourth-order valence-electron chi connectivity index (χ4n) is 1.62. The second kappa shape index (κ2) is 8.37. The van der Waals surface area contributed by atoms with Crippen LogP contribution in [0.2, 0.25) is 10.0 Å². The van der Waals surface area contributed by atoms with Gasteiger partial charge < -0.3 is 5.32 Å². The van der Waals surface area contributed by atoms with Gasteiger partial charge in [-0.3, -0.25) is 5.32 Å². The number of sulfonamides is 1. The number of nitrogens with one attached hydrogen (secondary N) is 2. The fraction of sp³-hybridized carbons (Fsp3) is 0.385. The molecule has 1 aromatic rings. The molecular weight excluding hydrogens is 365 g/mol. The van der Waals surface area contributed by atoms with E-state index in [4.69, 9.17) is 23.2 Å². The maximum atomic E-state index is 11.9. The van der Waals surface area contributed by atoms with Crippen molar-refractivity contribution in [2.24, 2.45) is 0 Å².